The number of nitrogens with zero attached hydrogens (tertiary/aromatic N) is 2. The number of nitrogens with one attached hydrogen (secondary N) is 2. The quantitative estimate of drug-likeness (QED) is 0.717. The van der Waals surface area contributed by atoms with Gasteiger partial charge in [0.25, 0.3) is 11.5 Å². The van der Waals surface area contributed by atoms with Crippen molar-refractivity contribution in [3.63, 3.8) is 0 Å². The Hall–Kier alpha value is -3.23. The maximum Gasteiger partial charge on any atom is 0.279 e. The molecule has 1 saturated heterocycles. The molecule has 33 heavy (non-hydrogen) atoms. The molecule has 2 aromatic rings. The van der Waals surface area contributed by atoms with Gasteiger partial charge in [-0.05, 0) is 43.5 Å². The summed E-state index contributed by atoms with van der Waals surface area (Å²) >= 11 is 0. The van der Waals surface area contributed by atoms with E-state index in [1.165, 1.54) is 12.1 Å². The van der Waals surface area contributed by atoms with E-state index in [1.54, 1.807) is 30.9 Å². The number of amides is 2. The molecule has 1 aromatic heterocycles. The fourth-order valence-electron chi connectivity index (χ4n) is 3.71. The summed E-state index contributed by atoms with van der Waals surface area (Å²) < 4.78 is 19.0. The fourth-order valence-corrected chi connectivity index (χ4v) is 3.71. The molecule has 3 rings (SSSR count). The Kier molecular flexibility index (Phi) is 7.19. The number of halogens is 1. The van der Waals surface area contributed by atoms with Crippen LogP contribution in [0.2, 0.25) is 0 Å². The van der Waals surface area contributed by atoms with Crippen molar-refractivity contribution in [2.75, 3.05) is 13.1 Å². The lowest BCUT2D eigenvalue weighted by Gasteiger charge is -2.38. The number of ether oxygens (including phenoxy) is 1. The first-order chi connectivity index (χ1) is 15.5. The molecule has 2 heterocycles. The van der Waals surface area contributed by atoms with Crippen molar-refractivity contribution >= 4 is 11.8 Å². The number of piperidine rings is 1. The third kappa shape index (κ3) is 5.97. The lowest BCUT2D eigenvalue weighted by molar-refractivity contribution is -0.137. The maximum atomic E-state index is 13.3. The molecule has 1 aliphatic rings. The predicted molar refractivity (Wildman–Crippen MR) is 122 cm³/mol. The second kappa shape index (κ2) is 9.72. The number of hydrogen-bond acceptors (Lipinski definition) is 5. The first kappa shape index (κ1) is 24.4. The molecule has 1 atom stereocenters. The van der Waals surface area contributed by atoms with E-state index in [2.05, 4.69) is 15.3 Å². The summed E-state index contributed by atoms with van der Waals surface area (Å²) in [5, 5.41) is 2.73. The summed E-state index contributed by atoms with van der Waals surface area (Å²) in [4.78, 5) is 46.8. The Labute approximate surface area is 192 Å². The molecule has 0 bridgehead atoms. The molecule has 1 aromatic carbocycles. The molecule has 0 unspecified atom stereocenters. The molecular formula is C24H31FN4O4. The van der Waals surface area contributed by atoms with Crippen molar-refractivity contribution in [2.45, 2.75) is 59.6 Å². The zero-order valence-corrected chi connectivity index (χ0v) is 19.7. The lowest BCUT2D eigenvalue weighted by atomic mass is 9.85. The molecule has 0 saturated carbocycles. The standard InChI is InChI=1S/C24H31FN4O4/c1-14-15(2)27-21(30)19(26-14)22(31)28-20(24(3,4)5)23(32)29-12-10-18(11-13-29)33-17-8-6-16(25)7-9-17/h6-9,18,20H,10-13H2,1-5H3,(H,27,30)(H,28,31)/t20-/m1/s1. The number of carbonyl (C=O) groups excluding carboxylic acids is 2. The van der Waals surface area contributed by atoms with Crippen LogP contribution in [0.25, 0.3) is 0 Å². The van der Waals surface area contributed by atoms with E-state index in [-0.39, 0.29) is 23.5 Å². The van der Waals surface area contributed by atoms with Crippen LogP contribution in [0.3, 0.4) is 0 Å². The SMILES string of the molecule is Cc1nc(C(=O)N[C@H](C(=O)N2CCC(Oc3ccc(F)cc3)CC2)C(C)(C)C)c(=O)[nH]c1C. The highest BCUT2D eigenvalue weighted by atomic mass is 19.1. The van der Waals surface area contributed by atoms with Gasteiger partial charge in [0.05, 0.1) is 5.69 Å². The molecule has 0 aliphatic carbocycles. The third-order valence-corrected chi connectivity index (χ3v) is 5.81. The first-order valence-electron chi connectivity index (χ1n) is 11.0. The predicted octanol–water partition coefficient (Wildman–Crippen LogP) is 2.74. The number of rotatable bonds is 5. The minimum Gasteiger partial charge on any atom is -0.490 e. The van der Waals surface area contributed by atoms with Gasteiger partial charge in [0, 0.05) is 31.6 Å². The van der Waals surface area contributed by atoms with Crippen LogP contribution in [0.15, 0.2) is 29.1 Å². The number of aromatic amines is 1. The van der Waals surface area contributed by atoms with E-state index >= 15 is 0 Å². The van der Waals surface area contributed by atoms with Crippen LogP contribution in [0.1, 0.15) is 55.5 Å². The summed E-state index contributed by atoms with van der Waals surface area (Å²) in [6.45, 7) is 9.92. The molecule has 0 radical (unpaired) electrons. The summed E-state index contributed by atoms with van der Waals surface area (Å²) in [7, 11) is 0. The van der Waals surface area contributed by atoms with Crippen LogP contribution in [0.4, 0.5) is 4.39 Å². The van der Waals surface area contributed by atoms with Gasteiger partial charge >= 0.3 is 0 Å². The molecule has 0 spiro atoms. The highest BCUT2D eigenvalue weighted by Crippen LogP contribution is 2.25. The van der Waals surface area contributed by atoms with E-state index in [0.29, 0.717) is 43.1 Å². The molecule has 1 fully saturated rings. The molecule has 9 heteroatoms. The number of aromatic nitrogens is 2. The number of aryl methyl sites for hydroxylation is 2. The van der Waals surface area contributed by atoms with Crippen LogP contribution in [0.5, 0.6) is 5.75 Å². The highest BCUT2D eigenvalue weighted by molar-refractivity contribution is 5.96. The molecule has 1 aliphatic heterocycles. The fraction of sp³-hybridized carbons (Fsp3) is 0.500. The Bertz CT molecular complexity index is 1070. The number of benzene rings is 1. The van der Waals surface area contributed by atoms with Gasteiger partial charge in [-0.2, -0.15) is 0 Å². The van der Waals surface area contributed by atoms with Gasteiger partial charge in [0.2, 0.25) is 5.91 Å². The van der Waals surface area contributed by atoms with Crippen molar-refractivity contribution in [2.24, 2.45) is 5.41 Å². The topological polar surface area (TPSA) is 104 Å². The Morgan fingerprint density at radius 3 is 2.36 bits per heavy atom. The molecule has 8 nitrogen and oxygen atoms in total. The van der Waals surface area contributed by atoms with E-state index in [4.69, 9.17) is 4.74 Å². The van der Waals surface area contributed by atoms with E-state index < -0.39 is 22.9 Å². The summed E-state index contributed by atoms with van der Waals surface area (Å²) in [6, 6.07) is 5.03. The van der Waals surface area contributed by atoms with Crippen molar-refractivity contribution < 1.29 is 18.7 Å². The van der Waals surface area contributed by atoms with Gasteiger partial charge in [-0.3, -0.25) is 14.4 Å². The normalized spacial score (nSPS) is 15.8. The summed E-state index contributed by atoms with van der Waals surface area (Å²) in [5.41, 5.74) is -0.297. The smallest absolute Gasteiger partial charge is 0.279 e. The zero-order valence-electron chi connectivity index (χ0n) is 19.7. The van der Waals surface area contributed by atoms with Crippen LogP contribution >= 0.6 is 0 Å². The van der Waals surface area contributed by atoms with Gasteiger partial charge in [0.1, 0.15) is 23.7 Å². The van der Waals surface area contributed by atoms with E-state index in [0.717, 1.165) is 0 Å². The third-order valence-electron chi connectivity index (χ3n) is 5.81. The minimum absolute atomic E-state index is 0.0829. The first-order valence-corrected chi connectivity index (χ1v) is 11.0. The van der Waals surface area contributed by atoms with Crippen molar-refractivity contribution in [1.29, 1.82) is 0 Å². The number of carbonyl (C=O) groups is 2. The molecule has 2 N–H and O–H groups in total. The number of likely N-dealkylation sites (tertiary alicyclic amines) is 1. The Morgan fingerprint density at radius 1 is 1.18 bits per heavy atom. The molecular weight excluding hydrogens is 427 g/mol. The second-order valence-corrected chi connectivity index (χ2v) is 9.49. The van der Waals surface area contributed by atoms with Gasteiger partial charge in [-0.15, -0.1) is 0 Å². The summed E-state index contributed by atoms with van der Waals surface area (Å²) in [6.07, 6.45) is 1.15. The number of hydrogen-bond donors (Lipinski definition) is 2. The second-order valence-electron chi connectivity index (χ2n) is 9.49. The van der Waals surface area contributed by atoms with Crippen molar-refractivity contribution in [3.8, 4) is 5.75 Å². The van der Waals surface area contributed by atoms with E-state index in [1.807, 2.05) is 20.8 Å². The van der Waals surface area contributed by atoms with Crippen molar-refractivity contribution in [1.82, 2.24) is 20.2 Å². The van der Waals surface area contributed by atoms with Crippen LogP contribution in [-0.2, 0) is 4.79 Å². The van der Waals surface area contributed by atoms with Crippen LogP contribution in [0, 0.1) is 25.1 Å². The van der Waals surface area contributed by atoms with Crippen molar-refractivity contribution in [3.05, 3.63) is 57.5 Å². The average molecular weight is 459 g/mol. The highest BCUT2D eigenvalue weighted by Gasteiger charge is 2.38. The Balaban J connectivity index is 1.66. The Morgan fingerprint density at radius 2 is 1.79 bits per heavy atom. The largest absolute Gasteiger partial charge is 0.490 e. The van der Waals surface area contributed by atoms with E-state index in [9.17, 15) is 18.8 Å². The molecule has 178 valence electrons. The maximum absolute atomic E-state index is 13.3. The summed E-state index contributed by atoms with van der Waals surface area (Å²) in [5.74, 6) is -0.623. The molecule has 2 amide bonds. The van der Waals surface area contributed by atoms with Crippen LogP contribution in [-0.4, -0.2) is 51.9 Å². The van der Waals surface area contributed by atoms with Crippen LogP contribution < -0.4 is 15.6 Å². The monoisotopic (exact) mass is 458 g/mol. The van der Waals surface area contributed by atoms with Gasteiger partial charge in [0.15, 0.2) is 5.69 Å². The minimum atomic E-state index is -0.831. The average Bonchev–Trinajstić information content (AvgIpc) is 2.75. The number of H-pyrrole nitrogens is 1. The van der Waals surface area contributed by atoms with Gasteiger partial charge in [-0.25, -0.2) is 9.37 Å². The van der Waals surface area contributed by atoms with Gasteiger partial charge in [-0.1, -0.05) is 20.8 Å². The lowest BCUT2D eigenvalue weighted by Crippen LogP contribution is -2.57. The zero-order chi connectivity index (χ0) is 24.3. The van der Waals surface area contributed by atoms with Gasteiger partial charge < -0.3 is 19.9 Å².